The number of aromatic hydroxyl groups is 1. The second-order valence-electron chi connectivity index (χ2n) is 9.60. The van der Waals surface area contributed by atoms with Gasteiger partial charge in [0.15, 0.2) is 0 Å². The summed E-state index contributed by atoms with van der Waals surface area (Å²) >= 11 is 0. The molecule has 2 aromatic carbocycles. The van der Waals surface area contributed by atoms with E-state index in [4.69, 9.17) is 4.52 Å². The van der Waals surface area contributed by atoms with Gasteiger partial charge in [-0.25, -0.2) is 4.57 Å². The van der Waals surface area contributed by atoms with Gasteiger partial charge in [0.25, 0.3) is 0 Å². The summed E-state index contributed by atoms with van der Waals surface area (Å²) in [7, 11) is -4.65. The standard InChI is InChI=1S/C29H45O5P/c1-3-5-7-9-11-13-19-26-24(17-15-21-28(26)30)23-25-18-16-22-29(34-35(31,32)33)27(25)20-14-12-10-8-6-4-2/h15-18,21-22,30H,3-14,19-20,23H2,1-2H3,(H2,31,32,33). The summed E-state index contributed by atoms with van der Waals surface area (Å²) < 4.78 is 16.7. The van der Waals surface area contributed by atoms with Gasteiger partial charge in [-0.05, 0) is 66.5 Å². The first-order valence-electron chi connectivity index (χ1n) is 13.5. The van der Waals surface area contributed by atoms with Gasteiger partial charge >= 0.3 is 7.82 Å². The van der Waals surface area contributed by atoms with Crippen molar-refractivity contribution in [3.63, 3.8) is 0 Å². The number of hydrogen-bond donors (Lipinski definition) is 3. The molecule has 0 saturated heterocycles. The van der Waals surface area contributed by atoms with Crippen molar-refractivity contribution in [2.24, 2.45) is 0 Å². The first-order chi connectivity index (χ1) is 16.9. The minimum Gasteiger partial charge on any atom is -0.508 e. The van der Waals surface area contributed by atoms with Gasteiger partial charge in [-0.3, -0.25) is 9.79 Å². The fourth-order valence-corrected chi connectivity index (χ4v) is 5.15. The molecular weight excluding hydrogens is 459 g/mol. The molecule has 196 valence electrons. The molecule has 35 heavy (non-hydrogen) atoms. The van der Waals surface area contributed by atoms with Crippen molar-refractivity contribution in [3.8, 4) is 11.5 Å². The highest BCUT2D eigenvalue weighted by molar-refractivity contribution is 7.46. The van der Waals surface area contributed by atoms with Crippen molar-refractivity contribution in [3.05, 3.63) is 58.7 Å². The van der Waals surface area contributed by atoms with Crippen molar-refractivity contribution in [2.45, 2.75) is 110 Å². The van der Waals surface area contributed by atoms with Crippen LogP contribution in [0.15, 0.2) is 36.4 Å². The van der Waals surface area contributed by atoms with E-state index >= 15 is 0 Å². The summed E-state index contributed by atoms with van der Waals surface area (Å²) in [5.74, 6) is 0.596. The molecule has 0 aliphatic rings. The minimum absolute atomic E-state index is 0.266. The smallest absolute Gasteiger partial charge is 0.508 e. The lowest BCUT2D eigenvalue weighted by Gasteiger charge is -2.18. The summed E-state index contributed by atoms with van der Waals surface area (Å²) in [5.41, 5.74) is 3.91. The molecule has 0 aliphatic heterocycles. The van der Waals surface area contributed by atoms with Crippen LogP contribution < -0.4 is 4.52 Å². The lowest BCUT2D eigenvalue weighted by Crippen LogP contribution is -2.03. The van der Waals surface area contributed by atoms with Gasteiger partial charge in [0.05, 0.1) is 0 Å². The molecule has 0 heterocycles. The molecule has 0 saturated carbocycles. The highest BCUT2D eigenvalue weighted by Crippen LogP contribution is 2.41. The molecule has 0 spiro atoms. The first-order valence-corrected chi connectivity index (χ1v) is 15.0. The number of phenolic OH excluding ortho intramolecular Hbond substituents is 1. The summed E-state index contributed by atoms with van der Waals surface area (Å²) in [5, 5.41) is 10.6. The number of phosphoric acid groups is 1. The lowest BCUT2D eigenvalue weighted by molar-refractivity contribution is 0.282. The quantitative estimate of drug-likeness (QED) is 0.140. The van der Waals surface area contributed by atoms with Crippen LogP contribution in [0, 0.1) is 0 Å². The monoisotopic (exact) mass is 504 g/mol. The number of benzene rings is 2. The van der Waals surface area contributed by atoms with Crippen LogP contribution in [0.1, 0.15) is 113 Å². The highest BCUT2D eigenvalue weighted by Gasteiger charge is 2.20. The second-order valence-corrected chi connectivity index (χ2v) is 10.8. The van der Waals surface area contributed by atoms with Crippen LogP contribution in [0.5, 0.6) is 11.5 Å². The maximum Gasteiger partial charge on any atom is 0.524 e. The van der Waals surface area contributed by atoms with Gasteiger partial charge in [-0.15, -0.1) is 0 Å². The van der Waals surface area contributed by atoms with E-state index in [9.17, 15) is 19.5 Å². The Bertz CT molecular complexity index is 921. The Morgan fingerprint density at radius 3 is 1.74 bits per heavy atom. The summed E-state index contributed by atoms with van der Waals surface area (Å²) in [4.78, 5) is 18.9. The van der Waals surface area contributed by atoms with E-state index in [-0.39, 0.29) is 5.75 Å². The van der Waals surface area contributed by atoms with Crippen molar-refractivity contribution in [2.75, 3.05) is 0 Å². The zero-order chi connectivity index (χ0) is 25.5. The maximum absolute atomic E-state index is 11.6. The lowest BCUT2D eigenvalue weighted by atomic mass is 9.91. The van der Waals surface area contributed by atoms with Gasteiger partial charge in [0.2, 0.25) is 0 Å². The van der Waals surface area contributed by atoms with Crippen molar-refractivity contribution in [1.29, 1.82) is 0 Å². The molecular formula is C29H45O5P. The van der Waals surface area contributed by atoms with Crippen LogP contribution in [-0.4, -0.2) is 14.9 Å². The number of phenols is 1. The number of phosphoric ester groups is 1. The van der Waals surface area contributed by atoms with Crippen molar-refractivity contribution >= 4 is 7.82 Å². The topological polar surface area (TPSA) is 87.0 Å². The summed E-state index contributed by atoms with van der Waals surface area (Å²) in [6.07, 6.45) is 16.2. The Balaban J connectivity index is 2.19. The molecule has 5 nitrogen and oxygen atoms in total. The zero-order valence-electron chi connectivity index (χ0n) is 21.7. The largest absolute Gasteiger partial charge is 0.524 e. The highest BCUT2D eigenvalue weighted by atomic mass is 31.2. The fraction of sp³-hybridized carbons (Fsp3) is 0.586. The van der Waals surface area contributed by atoms with Crippen LogP contribution in [0.25, 0.3) is 0 Å². The predicted octanol–water partition coefficient (Wildman–Crippen LogP) is 8.26. The summed E-state index contributed by atoms with van der Waals surface area (Å²) in [6, 6.07) is 11.1. The molecule has 0 aliphatic carbocycles. The summed E-state index contributed by atoms with van der Waals surface area (Å²) in [6.45, 7) is 4.42. The number of rotatable bonds is 18. The molecule has 0 aromatic heterocycles. The third kappa shape index (κ3) is 11.2. The Labute approximate surface area is 212 Å². The SMILES string of the molecule is CCCCCCCCc1c(O)cccc1Cc1cccc(OP(=O)(O)O)c1CCCCCCCC. The average molecular weight is 505 g/mol. The van der Waals surface area contributed by atoms with Gasteiger partial charge < -0.3 is 9.63 Å². The number of hydrogen-bond acceptors (Lipinski definition) is 3. The third-order valence-electron chi connectivity index (χ3n) is 6.64. The molecule has 0 bridgehead atoms. The minimum atomic E-state index is -4.65. The average Bonchev–Trinajstić information content (AvgIpc) is 2.80. The molecule has 6 heteroatoms. The maximum atomic E-state index is 11.6. The van der Waals surface area contributed by atoms with E-state index in [2.05, 4.69) is 19.9 Å². The molecule has 2 aromatic rings. The van der Waals surface area contributed by atoms with Crippen LogP contribution in [0.4, 0.5) is 0 Å². The van der Waals surface area contributed by atoms with Gasteiger partial charge in [-0.1, -0.05) is 102 Å². The van der Waals surface area contributed by atoms with E-state index in [1.165, 1.54) is 51.4 Å². The number of unbranched alkanes of at least 4 members (excludes halogenated alkanes) is 10. The van der Waals surface area contributed by atoms with Gasteiger partial charge in [-0.2, -0.15) is 0 Å². The normalized spacial score (nSPS) is 11.7. The van der Waals surface area contributed by atoms with E-state index in [0.29, 0.717) is 18.6 Å². The molecule has 0 amide bonds. The molecule has 3 N–H and O–H groups in total. The molecule has 0 atom stereocenters. The van der Waals surface area contributed by atoms with E-state index in [0.717, 1.165) is 54.4 Å². The van der Waals surface area contributed by atoms with Gasteiger partial charge in [0, 0.05) is 0 Å². The van der Waals surface area contributed by atoms with Crippen LogP contribution in [0.2, 0.25) is 0 Å². The van der Waals surface area contributed by atoms with E-state index in [1.54, 1.807) is 18.2 Å². The van der Waals surface area contributed by atoms with Crippen LogP contribution in [-0.2, 0) is 23.8 Å². The Morgan fingerprint density at radius 2 is 1.17 bits per heavy atom. The molecule has 2 rings (SSSR count). The Kier molecular flexibility index (Phi) is 13.5. The van der Waals surface area contributed by atoms with E-state index in [1.807, 2.05) is 12.1 Å². The van der Waals surface area contributed by atoms with Crippen LogP contribution >= 0.6 is 7.82 Å². The zero-order valence-corrected chi connectivity index (χ0v) is 22.6. The predicted molar refractivity (Wildman–Crippen MR) is 144 cm³/mol. The van der Waals surface area contributed by atoms with E-state index < -0.39 is 7.82 Å². The Morgan fingerprint density at radius 1 is 0.686 bits per heavy atom. The molecule has 0 unspecified atom stereocenters. The second kappa shape index (κ2) is 16.0. The van der Waals surface area contributed by atoms with Crippen molar-refractivity contribution in [1.82, 2.24) is 0 Å². The third-order valence-corrected chi connectivity index (χ3v) is 7.07. The molecule has 0 fully saturated rings. The van der Waals surface area contributed by atoms with Crippen molar-refractivity contribution < 1.29 is 24.0 Å². The fourth-order valence-electron chi connectivity index (χ4n) is 4.72. The first kappa shape index (κ1) is 29.4. The van der Waals surface area contributed by atoms with Crippen LogP contribution in [0.3, 0.4) is 0 Å². The van der Waals surface area contributed by atoms with Gasteiger partial charge in [0.1, 0.15) is 11.5 Å². The Hall–Kier alpha value is -1.81. The molecule has 0 radical (unpaired) electrons.